The number of esters is 2. The van der Waals surface area contributed by atoms with Gasteiger partial charge in [0.1, 0.15) is 12.2 Å². The molecule has 0 heterocycles. The molecule has 0 saturated heterocycles. The fourth-order valence-electron chi connectivity index (χ4n) is 3.15. The Kier molecular flexibility index (Phi) is 8.13. The van der Waals surface area contributed by atoms with Crippen molar-refractivity contribution in [2.75, 3.05) is 0 Å². The van der Waals surface area contributed by atoms with Crippen LogP contribution in [0.15, 0.2) is 12.1 Å². The second kappa shape index (κ2) is 9.30. The first-order chi connectivity index (χ1) is 12.7. The molecule has 0 spiro atoms. The Labute approximate surface area is 174 Å². The summed E-state index contributed by atoms with van der Waals surface area (Å²) in [6.45, 7) is 17.8. The summed E-state index contributed by atoms with van der Waals surface area (Å²) in [5.41, 5.74) is 0.632. The molecule has 2 unspecified atom stereocenters. The van der Waals surface area contributed by atoms with Crippen LogP contribution in [0.25, 0.3) is 0 Å². The van der Waals surface area contributed by atoms with Gasteiger partial charge >= 0.3 is 11.9 Å². The second-order valence-electron chi connectivity index (χ2n) is 9.48. The van der Waals surface area contributed by atoms with Crippen molar-refractivity contribution in [3.8, 4) is 0 Å². The van der Waals surface area contributed by atoms with Gasteiger partial charge in [-0.2, -0.15) is 0 Å². The van der Waals surface area contributed by atoms with E-state index in [2.05, 4.69) is 0 Å². The van der Waals surface area contributed by atoms with Crippen LogP contribution in [0.1, 0.15) is 94.5 Å². The molecule has 0 bridgehead atoms. The van der Waals surface area contributed by atoms with Crippen molar-refractivity contribution < 1.29 is 19.1 Å². The first-order valence-electron chi connectivity index (χ1n) is 9.94. The third-order valence-corrected chi connectivity index (χ3v) is 5.32. The highest BCUT2D eigenvalue weighted by Crippen LogP contribution is 2.30. The number of halogens is 1. The molecule has 2 atom stereocenters. The summed E-state index contributed by atoms with van der Waals surface area (Å²) in [4.78, 5) is 25.8. The average Bonchev–Trinajstić information content (AvgIpc) is 2.56. The Morgan fingerprint density at radius 1 is 0.857 bits per heavy atom. The number of aryl methyl sites for hydroxylation is 1. The Morgan fingerprint density at radius 3 is 1.54 bits per heavy atom. The third-order valence-electron chi connectivity index (χ3n) is 4.91. The predicted octanol–water partition coefficient (Wildman–Crippen LogP) is 6.61. The van der Waals surface area contributed by atoms with Gasteiger partial charge in [0, 0.05) is 5.02 Å². The fourth-order valence-corrected chi connectivity index (χ4v) is 3.31. The summed E-state index contributed by atoms with van der Waals surface area (Å²) >= 11 is 6.24. The Hall–Kier alpha value is -1.55. The Balaban J connectivity index is 3.28. The SMILES string of the molecule is CCC(OC(=O)c1cc(C)c(Cl)cc1C(=O)OC(CC)C(C)(C)C)C(C)(C)C. The molecule has 1 aromatic carbocycles. The van der Waals surface area contributed by atoms with Crippen molar-refractivity contribution in [1.82, 2.24) is 0 Å². The number of carbonyl (C=O) groups excluding carboxylic acids is 2. The molecular weight excluding hydrogens is 376 g/mol. The van der Waals surface area contributed by atoms with E-state index >= 15 is 0 Å². The molecular formula is C23H35ClO4. The molecule has 0 aliphatic heterocycles. The number of hydrogen-bond donors (Lipinski definition) is 0. The van der Waals surface area contributed by atoms with Crippen LogP contribution in [0.3, 0.4) is 0 Å². The number of hydrogen-bond acceptors (Lipinski definition) is 4. The molecule has 0 amide bonds. The van der Waals surface area contributed by atoms with Gasteiger partial charge in [-0.05, 0) is 48.3 Å². The first kappa shape index (κ1) is 24.5. The molecule has 158 valence electrons. The largest absolute Gasteiger partial charge is 0.458 e. The molecule has 28 heavy (non-hydrogen) atoms. The summed E-state index contributed by atoms with van der Waals surface area (Å²) in [5, 5.41) is 0.412. The maximum Gasteiger partial charge on any atom is 0.339 e. The molecule has 5 heteroatoms. The lowest BCUT2D eigenvalue weighted by molar-refractivity contribution is -0.00792. The maximum absolute atomic E-state index is 12.9. The van der Waals surface area contributed by atoms with Gasteiger partial charge in [-0.25, -0.2) is 9.59 Å². The summed E-state index contributed by atoms with van der Waals surface area (Å²) in [5.74, 6) is -1.09. The van der Waals surface area contributed by atoms with Crippen LogP contribution >= 0.6 is 11.6 Å². The van der Waals surface area contributed by atoms with Crippen LogP contribution in [0.4, 0.5) is 0 Å². The van der Waals surface area contributed by atoms with Crippen LogP contribution in [0.2, 0.25) is 5.02 Å². The fraction of sp³-hybridized carbons (Fsp3) is 0.652. The van der Waals surface area contributed by atoms with Gasteiger partial charge in [0.25, 0.3) is 0 Å². The van der Waals surface area contributed by atoms with E-state index in [1.807, 2.05) is 55.4 Å². The van der Waals surface area contributed by atoms with Crippen molar-refractivity contribution in [3.05, 3.63) is 33.8 Å². The molecule has 0 radical (unpaired) electrons. The number of ether oxygens (including phenoxy) is 2. The lowest BCUT2D eigenvalue weighted by Crippen LogP contribution is -2.33. The summed E-state index contributed by atoms with van der Waals surface area (Å²) in [7, 11) is 0. The van der Waals surface area contributed by atoms with Gasteiger partial charge in [0.2, 0.25) is 0 Å². The molecule has 1 aromatic rings. The lowest BCUT2D eigenvalue weighted by atomic mass is 9.87. The molecule has 0 saturated carbocycles. The van der Waals surface area contributed by atoms with Crippen LogP contribution in [-0.4, -0.2) is 24.1 Å². The van der Waals surface area contributed by atoms with Crippen LogP contribution in [-0.2, 0) is 9.47 Å². The first-order valence-corrected chi connectivity index (χ1v) is 10.3. The smallest absolute Gasteiger partial charge is 0.339 e. The average molecular weight is 411 g/mol. The van der Waals surface area contributed by atoms with E-state index in [-0.39, 0.29) is 34.2 Å². The van der Waals surface area contributed by atoms with E-state index < -0.39 is 11.9 Å². The minimum Gasteiger partial charge on any atom is -0.458 e. The normalized spacial score (nSPS) is 14.4. The van der Waals surface area contributed by atoms with E-state index in [9.17, 15) is 9.59 Å². The quantitative estimate of drug-likeness (QED) is 0.495. The molecule has 0 aromatic heterocycles. The minimum atomic E-state index is -0.556. The van der Waals surface area contributed by atoms with Crippen LogP contribution < -0.4 is 0 Å². The number of rotatable bonds is 6. The standard InChI is InChI=1S/C23H35ClO4/c1-10-18(22(4,5)6)27-20(25)15-12-14(3)17(24)13-16(15)21(26)28-19(11-2)23(7,8)9/h12-13,18-19H,10-11H2,1-9H3. The zero-order valence-corrected chi connectivity index (χ0v) is 19.5. The minimum absolute atomic E-state index is 0.145. The molecule has 1 rings (SSSR count). The van der Waals surface area contributed by atoms with E-state index in [1.54, 1.807) is 13.0 Å². The predicted molar refractivity (Wildman–Crippen MR) is 114 cm³/mol. The summed E-state index contributed by atoms with van der Waals surface area (Å²) < 4.78 is 11.5. The highest BCUT2D eigenvalue weighted by Gasteiger charge is 2.32. The molecule has 0 aliphatic rings. The van der Waals surface area contributed by atoms with Crippen molar-refractivity contribution in [1.29, 1.82) is 0 Å². The Bertz CT molecular complexity index is 650. The second-order valence-corrected chi connectivity index (χ2v) is 9.89. The van der Waals surface area contributed by atoms with Crippen LogP contribution in [0, 0.1) is 17.8 Å². The van der Waals surface area contributed by atoms with Crippen LogP contribution in [0.5, 0.6) is 0 Å². The maximum atomic E-state index is 12.9. The van der Waals surface area contributed by atoms with Crippen molar-refractivity contribution >= 4 is 23.5 Å². The van der Waals surface area contributed by atoms with Gasteiger partial charge < -0.3 is 9.47 Å². The molecule has 4 nitrogen and oxygen atoms in total. The van der Waals surface area contributed by atoms with E-state index in [1.165, 1.54) is 6.07 Å². The van der Waals surface area contributed by atoms with E-state index in [0.717, 1.165) is 0 Å². The van der Waals surface area contributed by atoms with Crippen molar-refractivity contribution in [2.24, 2.45) is 10.8 Å². The summed E-state index contributed by atoms with van der Waals surface area (Å²) in [6.07, 6.45) is 0.819. The third kappa shape index (κ3) is 6.23. The monoisotopic (exact) mass is 410 g/mol. The van der Waals surface area contributed by atoms with Gasteiger partial charge in [-0.1, -0.05) is 67.0 Å². The van der Waals surface area contributed by atoms with Crippen molar-refractivity contribution in [3.63, 3.8) is 0 Å². The lowest BCUT2D eigenvalue weighted by Gasteiger charge is -2.30. The van der Waals surface area contributed by atoms with Gasteiger partial charge in [-0.3, -0.25) is 0 Å². The van der Waals surface area contributed by atoms with E-state index in [4.69, 9.17) is 21.1 Å². The zero-order valence-electron chi connectivity index (χ0n) is 18.7. The van der Waals surface area contributed by atoms with Gasteiger partial charge in [0.05, 0.1) is 11.1 Å². The molecule has 0 fully saturated rings. The summed E-state index contributed by atoms with van der Waals surface area (Å²) in [6, 6.07) is 3.11. The Morgan fingerprint density at radius 2 is 1.21 bits per heavy atom. The number of carbonyl (C=O) groups is 2. The van der Waals surface area contributed by atoms with Gasteiger partial charge in [0.15, 0.2) is 0 Å². The van der Waals surface area contributed by atoms with Crippen molar-refractivity contribution in [2.45, 2.75) is 87.4 Å². The molecule has 0 aliphatic carbocycles. The van der Waals surface area contributed by atoms with E-state index in [0.29, 0.717) is 23.4 Å². The topological polar surface area (TPSA) is 52.6 Å². The molecule has 0 N–H and O–H groups in total. The van der Waals surface area contributed by atoms with Gasteiger partial charge in [-0.15, -0.1) is 0 Å². The number of benzene rings is 1. The zero-order chi connectivity index (χ0) is 21.9. The highest BCUT2D eigenvalue weighted by atomic mass is 35.5. The highest BCUT2D eigenvalue weighted by molar-refractivity contribution is 6.32.